The number of amides is 1. The number of nitrogens with one attached hydrogen (secondary N) is 1. The zero-order chi connectivity index (χ0) is 22.1. The van der Waals surface area contributed by atoms with E-state index in [1.807, 2.05) is 48.5 Å². The van der Waals surface area contributed by atoms with Crippen LogP contribution in [0.5, 0.6) is 0 Å². The summed E-state index contributed by atoms with van der Waals surface area (Å²) in [7, 11) is 0. The number of rotatable bonds is 4. The molecule has 8 heteroatoms. The van der Waals surface area contributed by atoms with Crippen molar-refractivity contribution >= 4 is 57.2 Å². The minimum absolute atomic E-state index is 0.0161. The van der Waals surface area contributed by atoms with Gasteiger partial charge in [-0.05, 0) is 68.1 Å². The van der Waals surface area contributed by atoms with Gasteiger partial charge in [-0.25, -0.2) is 4.98 Å². The van der Waals surface area contributed by atoms with Crippen molar-refractivity contribution < 1.29 is 4.79 Å². The fourth-order valence-electron chi connectivity index (χ4n) is 4.11. The number of carbonyl (C=O) groups is 1. The van der Waals surface area contributed by atoms with Crippen LogP contribution in [-0.4, -0.2) is 21.1 Å². The van der Waals surface area contributed by atoms with Crippen molar-refractivity contribution in [2.24, 2.45) is 5.92 Å². The molecule has 0 bridgehead atoms. The Morgan fingerprint density at radius 1 is 0.906 bits per heavy atom. The van der Waals surface area contributed by atoms with E-state index >= 15 is 0 Å². The van der Waals surface area contributed by atoms with E-state index in [1.165, 1.54) is 0 Å². The summed E-state index contributed by atoms with van der Waals surface area (Å²) in [4.78, 5) is 17.3. The summed E-state index contributed by atoms with van der Waals surface area (Å²) in [6.07, 6.45) is 3.51. The zero-order valence-corrected chi connectivity index (χ0v) is 19.4. The molecule has 1 saturated carbocycles. The Morgan fingerprint density at radius 3 is 2.44 bits per heavy atom. The van der Waals surface area contributed by atoms with E-state index in [-0.39, 0.29) is 11.8 Å². The van der Waals surface area contributed by atoms with Crippen LogP contribution in [0.2, 0.25) is 10.0 Å². The van der Waals surface area contributed by atoms with Crippen LogP contribution in [-0.2, 0) is 4.79 Å². The van der Waals surface area contributed by atoms with Gasteiger partial charge in [0.2, 0.25) is 5.91 Å². The van der Waals surface area contributed by atoms with Gasteiger partial charge in [-0.2, -0.15) is 0 Å². The third-order valence-electron chi connectivity index (χ3n) is 5.88. The summed E-state index contributed by atoms with van der Waals surface area (Å²) >= 11 is 13.6. The smallest absolute Gasteiger partial charge is 0.228 e. The average molecular weight is 483 g/mol. The molecule has 1 fully saturated rings. The summed E-state index contributed by atoms with van der Waals surface area (Å²) in [5, 5.41) is 16.0. The number of aromatic nitrogens is 3. The number of anilines is 1. The molecule has 2 aromatic heterocycles. The normalized spacial score (nSPS) is 18.6. The quantitative estimate of drug-likeness (QED) is 0.340. The largest absolute Gasteiger partial charge is 0.310 e. The van der Waals surface area contributed by atoms with Crippen molar-refractivity contribution in [2.75, 3.05) is 5.32 Å². The molecule has 1 amide bonds. The highest BCUT2D eigenvalue weighted by molar-refractivity contribution is 7.14. The van der Waals surface area contributed by atoms with E-state index in [0.717, 1.165) is 52.2 Å². The fourth-order valence-corrected chi connectivity index (χ4v) is 5.43. The lowest BCUT2D eigenvalue weighted by atomic mass is 9.82. The number of nitrogens with zero attached hydrogens (tertiary/aromatic N) is 3. The highest BCUT2D eigenvalue weighted by atomic mass is 35.5. The molecule has 0 unspecified atom stereocenters. The van der Waals surface area contributed by atoms with Crippen molar-refractivity contribution in [3.63, 3.8) is 0 Å². The average Bonchev–Trinajstić information content (AvgIpc) is 3.30. The van der Waals surface area contributed by atoms with Crippen LogP contribution < -0.4 is 5.32 Å². The minimum Gasteiger partial charge on any atom is -0.310 e. The van der Waals surface area contributed by atoms with Gasteiger partial charge >= 0.3 is 0 Å². The number of benzene rings is 2. The number of hydrogen-bond donors (Lipinski definition) is 1. The molecule has 0 saturated heterocycles. The van der Waals surface area contributed by atoms with Crippen molar-refractivity contribution in [3.8, 4) is 10.6 Å². The van der Waals surface area contributed by atoms with Crippen molar-refractivity contribution in [2.45, 2.75) is 31.6 Å². The van der Waals surface area contributed by atoms with Gasteiger partial charge in [0.25, 0.3) is 0 Å². The number of halogens is 2. The molecule has 1 N–H and O–H groups in total. The molecule has 0 radical (unpaired) electrons. The van der Waals surface area contributed by atoms with Crippen molar-refractivity contribution in [1.82, 2.24) is 15.2 Å². The topological polar surface area (TPSA) is 67.8 Å². The first-order chi connectivity index (χ1) is 15.5. The molecule has 1 aliphatic rings. The second-order valence-corrected chi connectivity index (χ2v) is 9.91. The molecule has 2 aromatic carbocycles. The maximum Gasteiger partial charge on any atom is 0.228 e. The van der Waals surface area contributed by atoms with E-state index in [2.05, 4.69) is 20.5 Å². The van der Waals surface area contributed by atoms with Crippen LogP contribution >= 0.6 is 34.5 Å². The van der Waals surface area contributed by atoms with Crippen LogP contribution in [0.25, 0.3) is 21.5 Å². The Labute approximate surface area is 199 Å². The molecule has 5 nitrogen and oxygen atoms in total. The maximum atomic E-state index is 12.8. The molecule has 162 valence electrons. The predicted octanol–water partition coefficient (Wildman–Crippen LogP) is 6.97. The Bertz CT molecular complexity index is 1270. The Balaban J connectivity index is 1.20. The van der Waals surface area contributed by atoms with Crippen molar-refractivity contribution in [3.05, 3.63) is 69.7 Å². The van der Waals surface area contributed by atoms with Gasteiger partial charge < -0.3 is 5.32 Å². The Kier molecular flexibility index (Phi) is 6.09. The summed E-state index contributed by atoms with van der Waals surface area (Å²) in [5.74, 6) is 0.936. The van der Waals surface area contributed by atoms with Gasteiger partial charge in [-0.3, -0.25) is 4.79 Å². The van der Waals surface area contributed by atoms with Crippen molar-refractivity contribution in [1.29, 1.82) is 0 Å². The van der Waals surface area contributed by atoms with Gasteiger partial charge in [-0.1, -0.05) is 46.7 Å². The summed E-state index contributed by atoms with van der Waals surface area (Å²) in [6, 6.07) is 16.9. The number of fused-ring (bicyclic) bond motifs is 1. The van der Waals surface area contributed by atoms with E-state index in [0.29, 0.717) is 21.8 Å². The predicted molar refractivity (Wildman–Crippen MR) is 130 cm³/mol. The number of pyridine rings is 1. The lowest BCUT2D eigenvalue weighted by Gasteiger charge is -2.26. The molecule has 2 heterocycles. The summed E-state index contributed by atoms with van der Waals surface area (Å²) in [5.41, 5.74) is 1.83. The number of hydrogen-bond acceptors (Lipinski definition) is 5. The van der Waals surface area contributed by atoms with Gasteiger partial charge in [0, 0.05) is 32.8 Å². The second-order valence-electron chi connectivity index (χ2n) is 8.02. The van der Waals surface area contributed by atoms with Crippen LogP contribution in [0.3, 0.4) is 0 Å². The van der Waals surface area contributed by atoms with Gasteiger partial charge in [0.05, 0.1) is 5.52 Å². The summed E-state index contributed by atoms with van der Waals surface area (Å²) < 4.78 is 0. The van der Waals surface area contributed by atoms with Crippen LogP contribution in [0.1, 0.15) is 36.6 Å². The van der Waals surface area contributed by atoms with E-state index in [9.17, 15) is 4.79 Å². The highest BCUT2D eigenvalue weighted by Gasteiger charge is 2.29. The Hall–Kier alpha value is -2.54. The second kappa shape index (κ2) is 9.14. The molecule has 4 aromatic rings. The minimum atomic E-state index is -0.0161. The lowest BCUT2D eigenvalue weighted by molar-refractivity contribution is -0.120. The van der Waals surface area contributed by atoms with Gasteiger partial charge in [0.1, 0.15) is 15.8 Å². The first-order valence-corrected chi connectivity index (χ1v) is 12.1. The SMILES string of the molecule is O=C(Nc1ccc2cc(Cl)ccc2n1)C1CCC(c2nnc(-c3ccc(Cl)cc3)s2)CC1. The Morgan fingerprint density at radius 2 is 1.66 bits per heavy atom. The summed E-state index contributed by atoms with van der Waals surface area (Å²) in [6.45, 7) is 0. The zero-order valence-electron chi connectivity index (χ0n) is 17.1. The molecule has 1 aliphatic carbocycles. The van der Waals surface area contributed by atoms with E-state index in [1.54, 1.807) is 17.4 Å². The third-order valence-corrected chi connectivity index (χ3v) is 7.50. The molecule has 0 aliphatic heterocycles. The molecule has 0 spiro atoms. The molecule has 5 rings (SSSR count). The van der Waals surface area contributed by atoms with E-state index in [4.69, 9.17) is 23.2 Å². The lowest BCUT2D eigenvalue weighted by Crippen LogP contribution is -2.27. The fraction of sp³-hybridized carbons (Fsp3) is 0.250. The van der Waals surface area contributed by atoms with Crippen LogP contribution in [0.15, 0.2) is 54.6 Å². The molecule has 32 heavy (non-hydrogen) atoms. The maximum absolute atomic E-state index is 12.8. The monoisotopic (exact) mass is 482 g/mol. The van der Waals surface area contributed by atoms with E-state index < -0.39 is 0 Å². The van der Waals surface area contributed by atoms with Gasteiger partial charge in [-0.15, -0.1) is 10.2 Å². The van der Waals surface area contributed by atoms with Gasteiger partial charge in [0.15, 0.2) is 0 Å². The van der Waals surface area contributed by atoms with Crippen LogP contribution in [0, 0.1) is 5.92 Å². The molecule has 0 atom stereocenters. The standard InChI is InChI=1S/C24H20Cl2N4OS/c25-18-8-5-16(6-9-18)24-30-29-23(32-24)15-3-1-14(2-4-15)22(31)28-21-12-7-17-13-19(26)10-11-20(17)27-21/h5-15H,1-4H2,(H,27,28,31). The first-order valence-electron chi connectivity index (χ1n) is 10.5. The highest BCUT2D eigenvalue weighted by Crippen LogP contribution is 2.39. The molecular weight excluding hydrogens is 463 g/mol. The number of carbonyl (C=O) groups excluding carboxylic acids is 1. The van der Waals surface area contributed by atoms with Crippen LogP contribution in [0.4, 0.5) is 5.82 Å². The first kappa shape index (κ1) is 21.3. The molecular formula is C24H20Cl2N4OS. The third kappa shape index (κ3) is 4.63.